The van der Waals surface area contributed by atoms with Crippen LogP contribution >= 0.6 is 0 Å². The van der Waals surface area contributed by atoms with Gasteiger partial charge in [0.1, 0.15) is 5.75 Å². The van der Waals surface area contributed by atoms with Crippen LogP contribution in [0.15, 0.2) is 93.2 Å². The van der Waals surface area contributed by atoms with Gasteiger partial charge in [0.25, 0.3) is 0 Å². The molecule has 31 heavy (non-hydrogen) atoms. The maximum Gasteiger partial charge on any atom is 0.238 e. The third kappa shape index (κ3) is 4.46. The number of hydrogen-bond donors (Lipinski definition) is 1. The Kier molecular flexibility index (Phi) is 5.77. The highest BCUT2D eigenvalue weighted by Gasteiger charge is 2.28. The Hall–Kier alpha value is -3.58. The maximum atomic E-state index is 13.3. The predicted octanol–water partition coefficient (Wildman–Crippen LogP) is 5.63. The summed E-state index contributed by atoms with van der Waals surface area (Å²) < 4.78 is 38.0. The van der Waals surface area contributed by atoms with Crippen LogP contribution in [0.4, 0.5) is 11.6 Å². The Labute approximate surface area is 181 Å². The van der Waals surface area contributed by atoms with Crippen molar-refractivity contribution in [3.63, 3.8) is 0 Å². The zero-order valence-corrected chi connectivity index (χ0v) is 18.0. The number of oxazole rings is 1. The van der Waals surface area contributed by atoms with Gasteiger partial charge in [0.15, 0.2) is 0 Å². The Morgan fingerprint density at radius 1 is 0.935 bits per heavy atom. The molecule has 6 nitrogen and oxygen atoms in total. The van der Waals surface area contributed by atoms with Crippen LogP contribution in [0.25, 0.3) is 11.5 Å². The van der Waals surface area contributed by atoms with E-state index in [1.165, 1.54) is 12.1 Å². The first-order valence-electron chi connectivity index (χ1n) is 9.85. The Bertz CT molecular complexity index is 1260. The van der Waals surface area contributed by atoms with E-state index in [-0.39, 0.29) is 21.7 Å². The quantitative estimate of drug-likeness (QED) is 0.406. The summed E-state index contributed by atoms with van der Waals surface area (Å²) in [7, 11) is -3.89. The first-order chi connectivity index (χ1) is 15.0. The summed E-state index contributed by atoms with van der Waals surface area (Å²) in [5.41, 5.74) is 2.43. The van der Waals surface area contributed by atoms with Crippen LogP contribution in [0, 0.1) is 6.92 Å². The number of aromatic nitrogens is 1. The van der Waals surface area contributed by atoms with Gasteiger partial charge in [0, 0.05) is 11.3 Å². The molecule has 0 aliphatic rings. The van der Waals surface area contributed by atoms with Gasteiger partial charge in [-0.15, -0.1) is 0 Å². The smallest absolute Gasteiger partial charge is 0.238 e. The number of rotatable bonds is 7. The summed E-state index contributed by atoms with van der Waals surface area (Å²) in [4.78, 5) is 4.51. The van der Waals surface area contributed by atoms with E-state index >= 15 is 0 Å². The number of nitrogens with zero attached hydrogens (tertiary/aromatic N) is 1. The molecule has 0 amide bonds. The number of benzene rings is 3. The molecule has 0 aliphatic heterocycles. The van der Waals surface area contributed by atoms with Crippen LogP contribution in [0.2, 0.25) is 0 Å². The van der Waals surface area contributed by atoms with Gasteiger partial charge in [-0.3, -0.25) is 0 Å². The standard InChI is InChI=1S/C24H22N2O4S/c1-3-29-20-15-11-18(12-16-20)22-26-24(31(27,28)21-7-5-4-6-8-21)23(30-22)25-19-13-9-17(2)10-14-19/h4-16,25H,3H2,1-2H3. The minimum atomic E-state index is -3.89. The molecule has 3 aromatic carbocycles. The molecule has 1 N–H and O–H groups in total. The number of aryl methyl sites for hydroxylation is 1. The molecule has 0 radical (unpaired) electrons. The minimum absolute atomic E-state index is 0.0663. The highest BCUT2D eigenvalue weighted by atomic mass is 32.2. The lowest BCUT2D eigenvalue weighted by atomic mass is 10.2. The summed E-state index contributed by atoms with van der Waals surface area (Å²) in [6, 6.07) is 22.9. The lowest BCUT2D eigenvalue weighted by Crippen LogP contribution is -2.05. The monoisotopic (exact) mass is 434 g/mol. The van der Waals surface area contributed by atoms with Crippen LogP contribution in [-0.4, -0.2) is 20.0 Å². The molecule has 0 atom stereocenters. The summed E-state index contributed by atoms with van der Waals surface area (Å²) in [6.45, 7) is 4.45. The van der Waals surface area contributed by atoms with Gasteiger partial charge in [-0.2, -0.15) is 4.98 Å². The van der Waals surface area contributed by atoms with Gasteiger partial charge >= 0.3 is 0 Å². The zero-order chi connectivity index (χ0) is 21.8. The number of nitrogens with one attached hydrogen (secondary N) is 1. The second-order valence-corrected chi connectivity index (χ2v) is 8.78. The molecule has 1 aromatic heterocycles. The van der Waals surface area contributed by atoms with E-state index in [1.807, 2.05) is 38.1 Å². The van der Waals surface area contributed by atoms with Crippen molar-refractivity contribution >= 4 is 21.4 Å². The molecule has 4 rings (SSSR count). The van der Waals surface area contributed by atoms with Crippen molar-refractivity contribution in [3.05, 3.63) is 84.4 Å². The van der Waals surface area contributed by atoms with E-state index in [0.717, 1.165) is 5.56 Å². The fourth-order valence-corrected chi connectivity index (χ4v) is 4.31. The third-order valence-corrected chi connectivity index (χ3v) is 6.30. The Morgan fingerprint density at radius 3 is 2.26 bits per heavy atom. The molecule has 0 bridgehead atoms. The van der Waals surface area contributed by atoms with Crippen molar-refractivity contribution in [2.75, 3.05) is 11.9 Å². The number of sulfone groups is 1. The lowest BCUT2D eigenvalue weighted by Gasteiger charge is -2.06. The molecule has 158 valence electrons. The zero-order valence-electron chi connectivity index (χ0n) is 17.2. The van der Waals surface area contributed by atoms with E-state index < -0.39 is 9.84 Å². The SMILES string of the molecule is CCOc1ccc(-c2nc(S(=O)(=O)c3ccccc3)c(Nc3ccc(C)cc3)o2)cc1. The summed E-state index contributed by atoms with van der Waals surface area (Å²) in [5, 5.41) is 2.90. The summed E-state index contributed by atoms with van der Waals surface area (Å²) >= 11 is 0. The van der Waals surface area contributed by atoms with Gasteiger partial charge < -0.3 is 14.5 Å². The first-order valence-corrected chi connectivity index (χ1v) is 11.3. The van der Waals surface area contributed by atoms with E-state index in [1.54, 1.807) is 42.5 Å². The normalized spacial score (nSPS) is 11.3. The highest BCUT2D eigenvalue weighted by Crippen LogP contribution is 2.34. The van der Waals surface area contributed by atoms with Crippen molar-refractivity contribution in [1.29, 1.82) is 0 Å². The fourth-order valence-electron chi connectivity index (χ4n) is 3.03. The number of ether oxygens (including phenoxy) is 1. The number of anilines is 2. The van der Waals surface area contributed by atoms with E-state index in [0.29, 0.717) is 23.6 Å². The summed E-state index contributed by atoms with van der Waals surface area (Å²) in [6.07, 6.45) is 0. The van der Waals surface area contributed by atoms with Gasteiger partial charge in [-0.05, 0) is 62.4 Å². The van der Waals surface area contributed by atoms with Crippen molar-refractivity contribution < 1.29 is 17.6 Å². The van der Waals surface area contributed by atoms with Crippen molar-refractivity contribution in [2.45, 2.75) is 23.8 Å². The number of hydrogen-bond acceptors (Lipinski definition) is 6. The van der Waals surface area contributed by atoms with Gasteiger partial charge in [0.05, 0.1) is 11.5 Å². The van der Waals surface area contributed by atoms with Crippen molar-refractivity contribution in [3.8, 4) is 17.2 Å². The molecule has 0 aliphatic carbocycles. The van der Waals surface area contributed by atoms with Crippen LogP contribution in [0.5, 0.6) is 5.75 Å². The molecular formula is C24H22N2O4S. The third-order valence-electron chi connectivity index (χ3n) is 4.63. The van der Waals surface area contributed by atoms with Crippen LogP contribution in [0.3, 0.4) is 0 Å². The van der Waals surface area contributed by atoms with Gasteiger partial charge in [-0.1, -0.05) is 35.9 Å². The molecule has 0 saturated heterocycles. The second kappa shape index (κ2) is 8.65. The molecule has 0 saturated carbocycles. The molecule has 0 unspecified atom stereocenters. The van der Waals surface area contributed by atoms with Gasteiger partial charge in [-0.25, -0.2) is 8.42 Å². The van der Waals surface area contributed by atoms with Crippen molar-refractivity contribution in [2.24, 2.45) is 0 Å². The Morgan fingerprint density at radius 2 is 1.61 bits per heavy atom. The topological polar surface area (TPSA) is 81.4 Å². The average Bonchev–Trinajstić information content (AvgIpc) is 3.21. The van der Waals surface area contributed by atoms with Crippen LogP contribution in [-0.2, 0) is 9.84 Å². The maximum absolute atomic E-state index is 13.3. The lowest BCUT2D eigenvalue weighted by molar-refractivity contribution is 0.340. The van der Waals surface area contributed by atoms with Crippen molar-refractivity contribution in [1.82, 2.24) is 4.98 Å². The molecule has 1 heterocycles. The highest BCUT2D eigenvalue weighted by molar-refractivity contribution is 7.91. The largest absolute Gasteiger partial charge is 0.494 e. The van der Waals surface area contributed by atoms with Crippen LogP contribution < -0.4 is 10.1 Å². The van der Waals surface area contributed by atoms with E-state index in [2.05, 4.69) is 10.3 Å². The minimum Gasteiger partial charge on any atom is -0.494 e. The van der Waals surface area contributed by atoms with E-state index in [4.69, 9.17) is 9.15 Å². The molecule has 0 spiro atoms. The second-order valence-electron chi connectivity index (χ2n) is 6.92. The van der Waals surface area contributed by atoms with Gasteiger partial charge in [0.2, 0.25) is 26.6 Å². The summed E-state index contributed by atoms with van der Waals surface area (Å²) in [5.74, 6) is 0.983. The molecular weight excluding hydrogens is 412 g/mol. The molecule has 4 aromatic rings. The van der Waals surface area contributed by atoms with E-state index in [9.17, 15) is 8.42 Å². The first kappa shape index (κ1) is 20.7. The van der Waals surface area contributed by atoms with Crippen LogP contribution in [0.1, 0.15) is 12.5 Å². The Balaban J connectivity index is 1.79. The molecule has 0 fully saturated rings. The predicted molar refractivity (Wildman–Crippen MR) is 119 cm³/mol. The fraction of sp³-hybridized carbons (Fsp3) is 0.125. The molecule has 7 heteroatoms. The average molecular weight is 435 g/mol.